The Labute approximate surface area is 140 Å². The molecule has 0 aromatic heterocycles. The van der Waals surface area contributed by atoms with Crippen molar-refractivity contribution < 1.29 is 0 Å². The zero-order valence-electron chi connectivity index (χ0n) is 14.9. The minimum Gasteiger partial charge on any atom is -0.356 e. The van der Waals surface area contributed by atoms with Crippen LogP contribution < -0.4 is 5.32 Å². The topological polar surface area (TPSA) is 12.0 Å². The van der Waals surface area contributed by atoms with Crippen LogP contribution in [0.25, 0.3) is 11.3 Å². The van der Waals surface area contributed by atoms with E-state index in [-0.39, 0.29) is 5.41 Å². The van der Waals surface area contributed by atoms with Gasteiger partial charge in [0.05, 0.1) is 0 Å². The van der Waals surface area contributed by atoms with Gasteiger partial charge in [0.2, 0.25) is 0 Å². The van der Waals surface area contributed by atoms with Crippen LogP contribution in [0.15, 0.2) is 61.2 Å². The highest BCUT2D eigenvalue weighted by atomic mass is 14.9. The molecular weight excluding hydrogens is 278 g/mol. The Morgan fingerprint density at radius 1 is 1.00 bits per heavy atom. The Morgan fingerprint density at radius 2 is 1.61 bits per heavy atom. The van der Waals surface area contributed by atoms with E-state index in [2.05, 4.69) is 101 Å². The Bertz CT molecular complexity index is 712. The average molecular weight is 305 g/mol. The smallest absolute Gasteiger partial charge is 0.0386 e. The van der Waals surface area contributed by atoms with Crippen molar-refractivity contribution in [1.29, 1.82) is 0 Å². The normalized spacial score (nSPS) is 12.1. The zero-order valence-corrected chi connectivity index (χ0v) is 14.9. The van der Waals surface area contributed by atoms with E-state index in [0.29, 0.717) is 0 Å². The van der Waals surface area contributed by atoms with Crippen molar-refractivity contribution in [3.05, 3.63) is 77.9 Å². The van der Waals surface area contributed by atoms with Gasteiger partial charge in [-0.25, -0.2) is 0 Å². The second-order valence-corrected chi connectivity index (χ2v) is 7.24. The Kier molecular flexibility index (Phi) is 5.10. The van der Waals surface area contributed by atoms with Gasteiger partial charge in [0.15, 0.2) is 0 Å². The summed E-state index contributed by atoms with van der Waals surface area (Å²) in [5, 5.41) is 3.38. The summed E-state index contributed by atoms with van der Waals surface area (Å²) < 4.78 is 0. The van der Waals surface area contributed by atoms with Gasteiger partial charge in [-0.15, -0.1) is 0 Å². The van der Waals surface area contributed by atoms with Crippen LogP contribution in [-0.2, 0) is 0 Å². The van der Waals surface area contributed by atoms with Crippen molar-refractivity contribution in [2.24, 2.45) is 5.41 Å². The first-order chi connectivity index (χ1) is 10.7. The monoisotopic (exact) mass is 305 g/mol. The van der Waals surface area contributed by atoms with Crippen molar-refractivity contribution >= 4 is 17.0 Å². The molecule has 0 fully saturated rings. The number of hydrogen-bond donors (Lipinski definition) is 1. The summed E-state index contributed by atoms with van der Waals surface area (Å²) in [4.78, 5) is 0. The van der Waals surface area contributed by atoms with Crippen LogP contribution in [0.3, 0.4) is 0 Å². The summed E-state index contributed by atoms with van der Waals surface area (Å²) in [6.07, 6.45) is 2.31. The summed E-state index contributed by atoms with van der Waals surface area (Å²) in [6.45, 7) is 15.1. The van der Waals surface area contributed by atoms with E-state index in [9.17, 15) is 0 Å². The third-order valence-corrected chi connectivity index (χ3v) is 3.65. The summed E-state index contributed by atoms with van der Waals surface area (Å²) >= 11 is 0. The van der Waals surface area contributed by atoms with Crippen molar-refractivity contribution in [3.63, 3.8) is 0 Å². The first kappa shape index (κ1) is 17.1. The minimum atomic E-state index is 0.194. The molecule has 120 valence electrons. The van der Waals surface area contributed by atoms with E-state index in [4.69, 9.17) is 0 Å². The molecule has 2 aromatic rings. The molecule has 1 nitrogen and oxygen atoms in total. The molecule has 0 radical (unpaired) electrons. The fourth-order valence-electron chi connectivity index (χ4n) is 2.64. The SMILES string of the molecule is C=C(Nc1cccc(C)c1)c1ccc(/C(C)=C/C(C)(C)C)cc1. The minimum absolute atomic E-state index is 0.194. The molecule has 0 unspecified atom stereocenters. The van der Waals surface area contributed by atoms with E-state index in [1.54, 1.807) is 0 Å². The predicted molar refractivity (Wildman–Crippen MR) is 103 cm³/mol. The molecule has 0 aliphatic carbocycles. The maximum absolute atomic E-state index is 4.16. The highest BCUT2D eigenvalue weighted by Crippen LogP contribution is 2.25. The van der Waals surface area contributed by atoms with Crippen LogP contribution in [0, 0.1) is 12.3 Å². The van der Waals surface area contributed by atoms with Gasteiger partial charge >= 0.3 is 0 Å². The van der Waals surface area contributed by atoms with E-state index < -0.39 is 0 Å². The molecular formula is C22H27N. The van der Waals surface area contributed by atoms with Gasteiger partial charge in [-0.2, -0.15) is 0 Å². The third-order valence-electron chi connectivity index (χ3n) is 3.65. The number of anilines is 1. The average Bonchev–Trinajstić information content (AvgIpc) is 2.45. The fourth-order valence-corrected chi connectivity index (χ4v) is 2.64. The molecule has 0 heterocycles. The van der Waals surface area contributed by atoms with Crippen LogP contribution in [0.4, 0.5) is 5.69 Å². The lowest BCUT2D eigenvalue weighted by molar-refractivity contribution is 0.545. The number of nitrogens with one attached hydrogen (secondary N) is 1. The van der Waals surface area contributed by atoms with Gasteiger partial charge < -0.3 is 5.32 Å². The first-order valence-corrected chi connectivity index (χ1v) is 8.07. The maximum Gasteiger partial charge on any atom is 0.0386 e. The van der Waals surface area contributed by atoms with E-state index in [1.807, 2.05) is 0 Å². The number of allylic oxidation sites excluding steroid dienone is 2. The molecule has 0 atom stereocenters. The lowest BCUT2D eigenvalue weighted by Crippen LogP contribution is -2.00. The van der Waals surface area contributed by atoms with Crippen LogP contribution in [0.5, 0.6) is 0 Å². The molecule has 1 N–H and O–H groups in total. The number of hydrogen-bond acceptors (Lipinski definition) is 1. The summed E-state index contributed by atoms with van der Waals surface area (Å²) in [7, 11) is 0. The number of rotatable bonds is 4. The van der Waals surface area contributed by atoms with Crippen molar-refractivity contribution in [2.75, 3.05) is 5.32 Å². The van der Waals surface area contributed by atoms with Crippen LogP contribution >= 0.6 is 0 Å². The third kappa shape index (κ3) is 5.14. The lowest BCUT2D eigenvalue weighted by Gasteiger charge is -2.15. The number of benzene rings is 2. The highest BCUT2D eigenvalue weighted by molar-refractivity contribution is 5.76. The molecule has 0 spiro atoms. The maximum atomic E-state index is 4.16. The standard InChI is InChI=1S/C22H27N/c1-16-8-7-9-21(14-16)23-18(3)20-12-10-19(11-13-20)17(2)15-22(4,5)6/h7-15,23H,3H2,1-2,4-6H3/b17-15+. The summed E-state index contributed by atoms with van der Waals surface area (Å²) in [5.74, 6) is 0. The molecule has 0 saturated carbocycles. The van der Waals surface area contributed by atoms with Crippen LogP contribution in [0.1, 0.15) is 44.4 Å². The van der Waals surface area contributed by atoms with Crippen molar-refractivity contribution in [1.82, 2.24) is 0 Å². The van der Waals surface area contributed by atoms with Crippen molar-refractivity contribution in [3.8, 4) is 0 Å². The molecule has 0 aliphatic heterocycles. The van der Waals surface area contributed by atoms with E-state index >= 15 is 0 Å². The predicted octanol–water partition coefficient (Wildman–Crippen LogP) is 6.53. The molecule has 0 aliphatic rings. The van der Waals surface area contributed by atoms with Crippen LogP contribution in [0.2, 0.25) is 0 Å². The molecule has 2 aromatic carbocycles. The van der Waals surface area contributed by atoms with E-state index in [0.717, 1.165) is 16.9 Å². The first-order valence-electron chi connectivity index (χ1n) is 8.07. The van der Waals surface area contributed by atoms with Gasteiger partial charge in [0.25, 0.3) is 0 Å². The van der Waals surface area contributed by atoms with Gasteiger partial charge in [0, 0.05) is 11.4 Å². The largest absolute Gasteiger partial charge is 0.356 e. The molecule has 0 amide bonds. The van der Waals surface area contributed by atoms with Gasteiger partial charge in [-0.3, -0.25) is 0 Å². The van der Waals surface area contributed by atoms with Gasteiger partial charge in [-0.1, -0.05) is 69.8 Å². The Morgan fingerprint density at radius 3 is 2.17 bits per heavy atom. The fraction of sp³-hybridized carbons (Fsp3) is 0.273. The molecule has 23 heavy (non-hydrogen) atoms. The lowest BCUT2D eigenvalue weighted by atomic mass is 9.91. The molecule has 2 rings (SSSR count). The second kappa shape index (κ2) is 6.87. The van der Waals surface area contributed by atoms with Crippen LogP contribution in [-0.4, -0.2) is 0 Å². The quantitative estimate of drug-likeness (QED) is 0.677. The zero-order chi connectivity index (χ0) is 17.0. The van der Waals surface area contributed by atoms with Gasteiger partial charge in [-0.05, 0) is 53.7 Å². The van der Waals surface area contributed by atoms with Crippen molar-refractivity contribution in [2.45, 2.75) is 34.6 Å². The molecule has 1 heteroatoms. The summed E-state index contributed by atoms with van der Waals surface area (Å²) in [5.41, 5.74) is 7.09. The molecule has 0 saturated heterocycles. The Balaban J connectivity index is 2.13. The summed E-state index contributed by atoms with van der Waals surface area (Å²) in [6, 6.07) is 16.9. The Hall–Kier alpha value is -2.28. The van der Waals surface area contributed by atoms with Gasteiger partial charge in [0.1, 0.15) is 0 Å². The highest BCUT2D eigenvalue weighted by Gasteiger charge is 2.08. The molecule has 0 bridgehead atoms. The van der Waals surface area contributed by atoms with E-state index in [1.165, 1.54) is 16.7 Å². The number of aryl methyl sites for hydroxylation is 1. The second-order valence-electron chi connectivity index (χ2n) is 7.24.